The van der Waals surface area contributed by atoms with E-state index in [1.54, 1.807) is 0 Å². The largest absolute Gasteiger partial charge is 0.308 e. The van der Waals surface area contributed by atoms with E-state index in [-0.39, 0.29) is 0 Å². The van der Waals surface area contributed by atoms with Gasteiger partial charge in [-0.2, -0.15) is 0 Å². The number of nitrogens with zero attached hydrogens (tertiary/aromatic N) is 1. The van der Waals surface area contributed by atoms with E-state index in [9.17, 15) is 0 Å². The first-order valence-corrected chi connectivity index (χ1v) is 9.44. The standard InChI is InChI=1S/C18H29IN2/c1-4-7-17-12-20-18(5-2,6-3)14-21(17)13-15-8-10-16(19)11-9-15/h8-11,17,20H,4-7,12-14H2,1-3H3. The first-order chi connectivity index (χ1) is 10.1. The van der Waals surface area contributed by atoms with Crippen LogP contribution in [-0.2, 0) is 6.54 Å². The molecule has 0 spiro atoms. The summed E-state index contributed by atoms with van der Waals surface area (Å²) in [4.78, 5) is 2.72. The summed E-state index contributed by atoms with van der Waals surface area (Å²) >= 11 is 2.38. The van der Waals surface area contributed by atoms with Gasteiger partial charge in [0.05, 0.1) is 0 Å². The third-order valence-electron chi connectivity index (χ3n) is 5.01. The predicted molar refractivity (Wildman–Crippen MR) is 99.6 cm³/mol. The highest BCUT2D eigenvalue weighted by atomic mass is 127. The summed E-state index contributed by atoms with van der Waals surface area (Å²) in [7, 11) is 0. The fraction of sp³-hybridized carbons (Fsp3) is 0.667. The van der Waals surface area contributed by atoms with Crippen molar-refractivity contribution in [3.8, 4) is 0 Å². The number of piperazine rings is 1. The summed E-state index contributed by atoms with van der Waals surface area (Å²) in [6, 6.07) is 9.69. The van der Waals surface area contributed by atoms with Gasteiger partial charge in [0.1, 0.15) is 0 Å². The monoisotopic (exact) mass is 400 g/mol. The maximum Gasteiger partial charge on any atom is 0.0304 e. The van der Waals surface area contributed by atoms with Crippen LogP contribution in [0.4, 0.5) is 0 Å². The second-order valence-corrected chi connectivity index (χ2v) is 7.59. The van der Waals surface area contributed by atoms with Crippen molar-refractivity contribution in [3.63, 3.8) is 0 Å². The third-order valence-corrected chi connectivity index (χ3v) is 5.73. The SMILES string of the molecule is CCCC1CNC(CC)(CC)CN1Cc1ccc(I)cc1. The Kier molecular flexibility index (Phi) is 6.51. The summed E-state index contributed by atoms with van der Waals surface area (Å²) in [6.45, 7) is 10.3. The summed E-state index contributed by atoms with van der Waals surface area (Å²) in [6.07, 6.45) is 4.98. The lowest BCUT2D eigenvalue weighted by Gasteiger charge is -2.47. The molecule has 1 fully saturated rings. The maximum atomic E-state index is 3.85. The van der Waals surface area contributed by atoms with Crippen LogP contribution in [0.15, 0.2) is 24.3 Å². The van der Waals surface area contributed by atoms with Gasteiger partial charge in [-0.1, -0.05) is 39.3 Å². The first-order valence-electron chi connectivity index (χ1n) is 8.36. The van der Waals surface area contributed by atoms with Crippen molar-refractivity contribution in [3.05, 3.63) is 33.4 Å². The molecule has 0 aliphatic carbocycles. The second kappa shape index (κ2) is 7.93. The smallest absolute Gasteiger partial charge is 0.0304 e. The van der Waals surface area contributed by atoms with Crippen LogP contribution in [0.5, 0.6) is 0 Å². The molecule has 1 N–H and O–H groups in total. The Morgan fingerprint density at radius 1 is 1.19 bits per heavy atom. The topological polar surface area (TPSA) is 15.3 Å². The molecule has 2 nitrogen and oxygen atoms in total. The van der Waals surface area contributed by atoms with E-state index in [0.29, 0.717) is 11.6 Å². The van der Waals surface area contributed by atoms with E-state index in [2.05, 4.69) is 77.8 Å². The fourth-order valence-corrected chi connectivity index (χ4v) is 3.75. The minimum Gasteiger partial charge on any atom is -0.308 e. The Hall–Kier alpha value is -0.130. The normalized spacial score (nSPS) is 22.4. The minimum absolute atomic E-state index is 0.313. The summed E-state index contributed by atoms with van der Waals surface area (Å²) < 4.78 is 1.32. The van der Waals surface area contributed by atoms with Crippen LogP contribution in [0.2, 0.25) is 0 Å². The highest BCUT2D eigenvalue weighted by molar-refractivity contribution is 14.1. The average molecular weight is 400 g/mol. The molecule has 0 saturated carbocycles. The van der Waals surface area contributed by atoms with E-state index in [1.165, 1.54) is 41.4 Å². The second-order valence-electron chi connectivity index (χ2n) is 6.34. The lowest BCUT2D eigenvalue weighted by molar-refractivity contribution is 0.0616. The van der Waals surface area contributed by atoms with Gasteiger partial charge in [-0.25, -0.2) is 0 Å². The molecular formula is C18H29IN2. The van der Waals surface area contributed by atoms with E-state index >= 15 is 0 Å². The number of rotatable bonds is 6. The summed E-state index contributed by atoms with van der Waals surface area (Å²) in [5.41, 5.74) is 1.76. The van der Waals surface area contributed by atoms with Gasteiger partial charge in [-0.05, 0) is 59.5 Å². The number of hydrogen-bond donors (Lipinski definition) is 1. The molecule has 1 aliphatic rings. The molecule has 0 bridgehead atoms. The Morgan fingerprint density at radius 3 is 2.43 bits per heavy atom. The molecule has 2 rings (SSSR count). The van der Waals surface area contributed by atoms with Crippen LogP contribution in [0, 0.1) is 3.57 Å². The fourth-order valence-electron chi connectivity index (χ4n) is 3.39. The zero-order chi connectivity index (χ0) is 15.3. The minimum atomic E-state index is 0.313. The van der Waals surface area contributed by atoms with Crippen LogP contribution < -0.4 is 5.32 Å². The van der Waals surface area contributed by atoms with Crippen molar-refractivity contribution in [2.24, 2.45) is 0 Å². The van der Waals surface area contributed by atoms with Crippen LogP contribution in [0.25, 0.3) is 0 Å². The van der Waals surface area contributed by atoms with Crippen molar-refractivity contribution >= 4 is 22.6 Å². The third kappa shape index (κ3) is 4.42. The number of nitrogens with one attached hydrogen (secondary N) is 1. The van der Waals surface area contributed by atoms with Crippen molar-refractivity contribution in [1.29, 1.82) is 0 Å². The number of benzene rings is 1. The van der Waals surface area contributed by atoms with E-state index in [0.717, 1.165) is 13.1 Å². The van der Waals surface area contributed by atoms with Gasteiger partial charge in [-0.3, -0.25) is 4.90 Å². The van der Waals surface area contributed by atoms with Crippen LogP contribution in [0.3, 0.4) is 0 Å². The average Bonchev–Trinajstić information content (AvgIpc) is 2.51. The number of hydrogen-bond acceptors (Lipinski definition) is 2. The lowest BCUT2D eigenvalue weighted by Crippen LogP contribution is -2.63. The van der Waals surface area contributed by atoms with Gasteiger partial charge in [0, 0.05) is 34.8 Å². The van der Waals surface area contributed by atoms with Crippen LogP contribution >= 0.6 is 22.6 Å². The molecule has 0 aromatic heterocycles. The molecular weight excluding hydrogens is 371 g/mol. The highest BCUT2D eigenvalue weighted by Crippen LogP contribution is 2.26. The van der Waals surface area contributed by atoms with Crippen molar-refractivity contribution in [2.45, 2.75) is 64.6 Å². The quantitative estimate of drug-likeness (QED) is 0.711. The predicted octanol–water partition coefficient (Wildman–Crippen LogP) is 4.42. The van der Waals surface area contributed by atoms with Crippen LogP contribution in [-0.4, -0.2) is 29.6 Å². The summed E-state index contributed by atoms with van der Waals surface area (Å²) in [5, 5.41) is 3.85. The summed E-state index contributed by atoms with van der Waals surface area (Å²) in [5.74, 6) is 0. The molecule has 3 heteroatoms. The molecule has 118 valence electrons. The van der Waals surface area contributed by atoms with E-state index < -0.39 is 0 Å². The van der Waals surface area contributed by atoms with E-state index in [4.69, 9.17) is 0 Å². The molecule has 0 amide bonds. The molecule has 0 radical (unpaired) electrons. The zero-order valence-corrected chi connectivity index (χ0v) is 15.8. The molecule has 1 aromatic carbocycles. The molecule has 1 saturated heterocycles. The Balaban J connectivity index is 2.11. The van der Waals surface area contributed by atoms with Crippen molar-refractivity contribution in [2.75, 3.05) is 13.1 Å². The van der Waals surface area contributed by atoms with Gasteiger partial charge in [-0.15, -0.1) is 0 Å². The van der Waals surface area contributed by atoms with E-state index in [1.807, 2.05) is 0 Å². The van der Waals surface area contributed by atoms with Gasteiger partial charge < -0.3 is 5.32 Å². The lowest BCUT2D eigenvalue weighted by atomic mass is 9.87. The molecule has 1 aromatic rings. The van der Waals surface area contributed by atoms with Crippen LogP contribution in [0.1, 0.15) is 52.0 Å². The molecule has 1 atom stereocenters. The Morgan fingerprint density at radius 2 is 1.86 bits per heavy atom. The Labute approximate surface area is 143 Å². The van der Waals surface area contributed by atoms with Gasteiger partial charge in [0.25, 0.3) is 0 Å². The van der Waals surface area contributed by atoms with Crippen molar-refractivity contribution in [1.82, 2.24) is 10.2 Å². The molecule has 1 aliphatic heterocycles. The first kappa shape index (κ1) is 17.2. The van der Waals surface area contributed by atoms with Gasteiger partial charge in [0.2, 0.25) is 0 Å². The molecule has 1 heterocycles. The molecule has 1 unspecified atom stereocenters. The molecule has 21 heavy (non-hydrogen) atoms. The van der Waals surface area contributed by atoms with Gasteiger partial charge in [0.15, 0.2) is 0 Å². The zero-order valence-electron chi connectivity index (χ0n) is 13.7. The highest BCUT2D eigenvalue weighted by Gasteiger charge is 2.36. The van der Waals surface area contributed by atoms with Gasteiger partial charge >= 0.3 is 0 Å². The van der Waals surface area contributed by atoms with Crippen molar-refractivity contribution < 1.29 is 0 Å². The Bertz CT molecular complexity index is 425. The number of halogens is 1. The maximum absolute atomic E-state index is 3.85.